The molecule has 0 atom stereocenters. The number of hydrogen-bond acceptors (Lipinski definition) is 5. The van der Waals surface area contributed by atoms with E-state index in [4.69, 9.17) is 17.0 Å². The Labute approximate surface area is 139 Å². The summed E-state index contributed by atoms with van der Waals surface area (Å²) in [5, 5.41) is 0. The highest BCUT2D eigenvalue weighted by atomic mass is 32.2. The van der Waals surface area contributed by atoms with Gasteiger partial charge in [0.15, 0.2) is 0 Å². The number of benzene rings is 1. The third-order valence-electron chi connectivity index (χ3n) is 2.83. The Morgan fingerprint density at radius 1 is 1.27 bits per heavy atom. The molecule has 1 fully saturated rings. The third kappa shape index (κ3) is 3.96. The van der Waals surface area contributed by atoms with Gasteiger partial charge in [-0.2, -0.15) is 0 Å². The fraction of sp³-hybridized carbons (Fsp3) is 0.312. The number of ether oxygens (including phenoxy) is 1. The summed E-state index contributed by atoms with van der Waals surface area (Å²) in [7, 11) is 1.66. The van der Waals surface area contributed by atoms with E-state index < -0.39 is 5.60 Å². The van der Waals surface area contributed by atoms with E-state index in [1.165, 1.54) is 16.7 Å². The van der Waals surface area contributed by atoms with Crippen molar-refractivity contribution >= 4 is 46.3 Å². The topological polar surface area (TPSA) is 46.6 Å². The summed E-state index contributed by atoms with van der Waals surface area (Å²) in [4.78, 5) is 25.9. The highest BCUT2D eigenvalue weighted by Gasteiger charge is 2.28. The number of amides is 1. The van der Waals surface area contributed by atoms with Crippen LogP contribution >= 0.6 is 24.0 Å². The summed E-state index contributed by atoms with van der Waals surface area (Å²) in [6.45, 7) is 5.48. The molecule has 0 bridgehead atoms. The average Bonchev–Trinajstić information content (AvgIpc) is 2.65. The zero-order chi connectivity index (χ0) is 16.5. The lowest BCUT2D eigenvalue weighted by molar-refractivity contribution is -0.121. The molecule has 1 aromatic rings. The zero-order valence-electron chi connectivity index (χ0n) is 12.9. The van der Waals surface area contributed by atoms with Gasteiger partial charge in [-0.15, -0.1) is 0 Å². The van der Waals surface area contributed by atoms with Gasteiger partial charge in [0.1, 0.15) is 9.92 Å². The first kappa shape index (κ1) is 16.7. The summed E-state index contributed by atoms with van der Waals surface area (Å²) in [6.07, 6.45) is 1.77. The molecular formula is C16H17NO3S2. The predicted octanol–water partition coefficient (Wildman–Crippen LogP) is 3.47. The molecule has 6 heteroatoms. The zero-order valence-corrected chi connectivity index (χ0v) is 14.5. The molecule has 116 valence electrons. The number of thioether (sulfide) groups is 1. The standard InChI is InChI=1S/C16H17NO3S2/c1-16(2,3)20-14(19)11-7-5-10(6-8-11)9-12-13(18)17(4)15(21)22-12/h5-9H,1-4H3. The maximum absolute atomic E-state index is 11.9. The summed E-state index contributed by atoms with van der Waals surface area (Å²) < 4.78 is 5.85. The molecule has 2 rings (SSSR count). The fourth-order valence-corrected chi connectivity index (χ4v) is 2.93. The van der Waals surface area contributed by atoms with E-state index in [2.05, 4.69) is 0 Å². The number of carbonyl (C=O) groups excluding carboxylic acids is 2. The van der Waals surface area contributed by atoms with Crippen LogP contribution in [0.1, 0.15) is 36.7 Å². The molecule has 1 aromatic carbocycles. The van der Waals surface area contributed by atoms with Gasteiger partial charge in [-0.3, -0.25) is 9.69 Å². The Morgan fingerprint density at radius 3 is 2.32 bits per heavy atom. The fourth-order valence-electron chi connectivity index (χ4n) is 1.75. The summed E-state index contributed by atoms with van der Waals surface area (Å²) in [5.74, 6) is -0.467. The van der Waals surface area contributed by atoms with Crippen molar-refractivity contribution in [1.82, 2.24) is 4.90 Å². The van der Waals surface area contributed by atoms with Crippen LogP contribution in [0.25, 0.3) is 6.08 Å². The van der Waals surface area contributed by atoms with Crippen LogP contribution in [0.3, 0.4) is 0 Å². The lowest BCUT2D eigenvalue weighted by atomic mass is 10.1. The van der Waals surface area contributed by atoms with Crippen LogP contribution in [-0.4, -0.2) is 33.7 Å². The van der Waals surface area contributed by atoms with E-state index in [-0.39, 0.29) is 11.9 Å². The van der Waals surface area contributed by atoms with Gasteiger partial charge >= 0.3 is 5.97 Å². The molecular weight excluding hydrogens is 318 g/mol. The quantitative estimate of drug-likeness (QED) is 0.470. The second-order valence-corrected chi connectivity index (χ2v) is 7.54. The Kier molecular flexibility index (Phi) is 4.72. The third-order valence-corrected chi connectivity index (χ3v) is 4.31. The van der Waals surface area contributed by atoms with Crippen molar-refractivity contribution in [3.05, 3.63) is 40.3 Å². The lowest BCUT2D eigenvalue weighted by Gasteiger charge is -2.19. The van der Waals surface area contributed by atoms with E-state index in [0.717, 1.165) is 5.56 Å². The van der Waals surface area contributed by atoms with E-state index in [1.54, 1.807) is 37.4 Å². The van der Waals surface area contributed by atoms with Crippen LogP contribution in [-0.2, 0) is 9.53 Å². The lowest BCUT2D eigenvalue weighted by Crippen LogP contribution is -2.23. The second-order valence-electron chi connectivity index (χ2n) is 5.86. The number of esters is 1. The van der Waals surface area contributed by atoms with E-state index >= 15 is 0 Å². The molecule has 1 amide bonds. The first-order chi connectivity index (χ1) is 10.2. The van der Waals surface area contributed by atoms with Crippen molar-refractivity contribution in [3.8, 4) is 0 Å². The van der Waals surface area contributed by atoms with Crippen molar-refractivity contribution in [1.29, 1.82) is 0 Å². The molecule has 0 N–H and O–H groups in total. The van der Waals surface area contributed by atoms with E-state index in [0.29, 0.717) is 14.8 Å². The van der Waals surface area contributed by atoms with Crippen LogP contribution in [0, 0.1) is 0 Å². The van der Waals surface area contributed by atoms with Gasteiger partial charge in [0.05, 0.1) is 10.5 Å². The molecule has 4 nitrogen and oxygen atoms in total. The van der Waals surface area contributed by atoms with Gasteiger partial charge in [0, 0.05) is 7.05 Å². The molecule has 1 aliphatic rings. The number of nitrogens with zero attached hydrogens (tertiary/aromatic N) is 1. The highest BCUT2D eigenvalue weighted by molar-refractivity contribution is 8.26. The Bertz CT molecular complexity index is 657. The van der Waals surface area contributed by atoms with Crippen molar-refractivity contribution in [2.45, 2.75) is 26.4 Å². The van der Waals surface area contributed by atoms with Crippen LogP contribution in [0.4, 0.5) is 0 Å². The van der Waals surface area contributed by atoms with Crippen molar-refractivity contribution in [2.75, 3.05) is 7.05 Å². The molecule has 0 aromatic heterocycles. The predicted molar refractivity (Wildman–Crippen MR) is 92.5 cm³/mol. The Hall–Kier alpha value is -1.66. The molecule has 0 spiro atoms. The SMILES string of the molecule is CN1C(=O)C(=Cc2ccc(C(=O)OC(C)(C)C)cc2)SC1=S. The summed E-state index contributed by atoms with van der Waals surface area (Å²) in [5.41, 5.74) is 0.793. The molecule has 0 unspecified atom stereocenters. The summed E-state index contributed by atoms with van der Waals surface area (Å²) >= 11 is 6.36. The van der Waals surface area contributed by atoms with Gasteiger partial charge in [-0.1, -0.05) is 36.1 Å². The van der Waals surface area contributed by atoms with Crippen LogP contribution < -0.4 is 0 Å². The molecule has 0 saturated carbocycles. The summed E-state index contributed by atoms with van der Waals surface area (Å²) in [6, 6.07) is 6.93. The smallest absolute Gasteiger partial charge is 0.338 e. The van der Waals surface area contributed by atoms with Gasteiger partial charge in [-0.05, 0) is 44.5 Å². The van der Waals surface area contributed by atoms with Crippen LogP contribution in [0.15, 0.2) is 29.2 Å². The number of hydrogen-bond donors (Lipinski definition) is 0. The second kappa shape index (κ2) is 6.22. The van der Waals surface area contributed by atoms with E-state index in [9.17, 15) is 9.59 Å². The van der Waals surface area contributed by atoms with Crippen LogP contribution in [0.2, 0.25) is 0 Å². The molecule has 0 radical (unpaired) electrons. The molecule has 22 heavy (non-hydrogen) atoms. The van der Waals surface area contributed by atoms with Crippen molar-refractivity contribution in [3.63, 3.8) is 0 Å². The largest absolute Gasteiger partial charge is 0.456 e. The monoisotopic (exact) mass is 335 g/mol. The molecule has 1 saturated heterocycles. The van der Waals surface area contributed by atoms with Gasteiger partial charge in [-0.25, -0.2) is 4.79 Å². The van der Waals surface area contributed by atoms with Crippen molar-refractivity contribution in [2.24, 2.45) is 0 Å². The maximum atomic E-state index is 11.9. The molecule has 0 aliphatic carbocycles. The minimum Gasteiger partial charge on any atom is -0.456 e. The Morgan fingerprint density at radius 2 is 1.86 bits per heavy atom. The molecule has 1 heterocycles. The Balaban J connectivity index is 2.15. The minimum atomic E-state index is -0.523. The van der Waals surface area contributed by atoms with Gasteiger partial charge < -0.3 is 4.74 Å². The number of carbonyl (C=O) groups is 2. The van der Waals surface area contributed by atoms with Gasteiger partial charge in [0.25, 0.3) is 5.91 Å². The van der Waals surface area contributed by atoms with Gasteiger partial charge in [0.2, 0.25) is 0 Å². The normalized spacial score (nSPS) is 17.3. The molecule has 1 aliphatic heterocycles. The van der Waals surface area contributed by atoms with Crippen LogP contribution in [0.5, 0.6) is 0 Å². The maximum Gasteiger partial charge on any atom is 0.338 e. The number of rotatable bonds is 2. The first-order valence-corrected chi connectivity index (χ1v) is 7.95. The average molecular weight is 335 g/mol. The number of likely N-dealkylation sites (N-methyl/N-ethyl adjacent to an activating group) is 1. The minimum absolute atomic E-state index is 0.105. The first-order valence-electron chi connectivity index (χ1n) is 6.72. The number of thiocarbonyl (C=S) groups is 1. The highest BCUT2D eigenvalue weighted by Crippen LogP contribution is 2.31. The van der Waals surface area contributed by atoms with Crippen molar-refractivity contribution < 1.29 is 14.3 Å². The van der Waals surface area contributed by atoms with E-state index in [1.807, 2.05) is 20.8 Å².